The summed E-state index contributed by atoms with van der Waals surface area (Å²) in [7, 11) is 1.66. The minimum Gasteiger partial charge on any atom is -0.497 e. The molecule has 27 heavy (non-hydrogen) atoms. The van der Waals surface area contributed by atoms with Gasteiger partial charge in [-0.05, 0) is 90.5 Å². The van der Waals surface area contributed by atoms with Gasteiger partial charge >= 0.3 is 5.97 Å². The molecule has 0 amide bonds. The van der Waals surface area contributed by atoms with Crippen LogP contribution in [0.2, 0.25) is 0 Å². The van der Waals surface area contributed by atoms with Crippen LogP contribution in [-0.2, 0) is 17.8 Å². The summed E-state index contributed by atoms with van der Waals surface area (Å²) in [5.74, 6) is 0.725. The van der Waals surface area contributed by atoms with Crippen molar-refractivity contribution in [2.24, 2.45) is 0 Å². The second-order valence-corrected chi connectivity index (χ2v) is 7.83. The summed E-state index contributed by atoms with van der Waals surface area (Å²) in [6, 6.07) is 15.9. The SMILES string of the molecule is COc1ccc2cc(COc3c(Br)cc(CCC(=O)O)cc3Br)ccc2c1. The average Bonchev–Trinajstić information content (AvgIpc) is 2.65. The second kappa shape index (κ2) is 8.76. The summed E-state index contributed by atoms with van der Waals surface area (Å²) in [6.07, 6.45) is 0.571. The number of rotatable bonds is 7. The molecule has 3 rings (SSSR count). The van der Waals surface area contributed by atoms with Gasteiger partial charge < -0.3 is 14.6 Å². The molecule has 0 aliphatic heterocycles. The van der Waals surface area contributed by atoms with E-state index in [1.807, 2.05) is 36.4 Å². The number of hydrogen-bond donors (Lipinski definition) is 1. The van der Waals surface area contributed by atoms with Crippen LogP contribution in [0.25, 0.3) is 10.8 Å². The molecule has 3 aromatic rings. The van der Waals surface area contributed by atoms with Crippen LogP contribution in [0.4, 0.5) is 0 Å². The van der Waals surface area contributed by atoms with Crippen LogP contribution in [0.3, 0.4) is 0 Å². The van der Waals surface area contributed by atoms with Gasteiger partial charge in [-0.15, -0.1) is 0 Å². The highest BCUT2D eigenvalue weighted by molar-refractivity contribution is 9.11. The maximum absolute atomic E-state index is 10.7. The molecule has 0 fully saturated rings. The zero-order valence-electron chi connectivity index (χ0n) is 14.7. The molecule has 140 valence electrons. The van der Waals surface area contributed by atoms with Crippen LogP contribution in [0.5, 0.6) is 11.5 Å². The molecular formula is C21H18Br2O4. The van der Waals surface area contributed by atoms with Crippen molar-refractivity contribution < 1.29 is 19.4 Å². The maximum atomic E-state index is 10.7. The quantitative estimate of drug-likeness (QED) is 0.440. The number of halogens is 2. The molecular weight excluding hydrogens is 476 g/mol. The van der Waals surface area contributed by atoms with Gasteiger partial charge in [0.15, 0.2) is 0 Å². The minimum absolute atomic E-state index is 0.0982. The zero-order chi connectivity index (χ0) is 19.4. The fourth-order valence-electron chi connectivity index (χ4n) is 2.79. The molecule has 6 heteroatoms. The third kappa shape index (κ3) is 5.02. The van der Waals surface area contributed by atoms with E-state index >= 15 is 0 Å². The Hall–Kier alpha value is -2.05. The van der Waals surface area contributed by atoms with E-state index in [4.69, 9.17) is 14.6 Å². The third-order valence-corrected chi connectivity index (χ3v) is 5.36. The second-order valence-electron chi connectivity index (χ2n) is 6.12. The Labute approximate surface area is 174 Å². The van der Waals surface area contributed by atoms with E-state index in [-0.39, 0.29) is 6.42 Å². The van der Waals surface area contributed by atoms with Gasteiger partial charge in [0, 0.05) is 6.42 Å². The molecule has 0 aliphatic carbocycles. The van der Waals surface area contributed by atoms with Gasteiger partial charge in [0.1, 0.15) is 18.1 Å². The highest BCUT2D eigenvalue weighted by atomic mass is 79.9. The molecule has 0 unspecified atom stereocenters. The fraction of sp³-hybridized carbons (Fsp3) is 0.190. The van der Waals surface area contributed by atoms with Crippen LogP contribution < -0.4 is 9.47 Å². The lowest BCUT2D eigenvalue weighted by Gasteiger charge is -2.13. The van der Waals surface area contributed by atoms with Crippen molar-refractivity contribution in [2.75, 3.05) is 7.11 Å². The number of carbonyl (C=O) groups is 1. The number of fused-ring (bicyclic) bond motifs is 1. The number of carboxylic acids is 1. The monoisotopic (exact) mass is 492 g/mol. The first kappa shape index (κ1) is 19.7. The van der Waals surface area contributed by atoms with Gasteiger partial charge in [-0.1, -0.05) is 18.2 Å². The molecule has 0 spiro atoms. The van der Waals surface area contributed by atoms with Crippen LogP contribution in [0.1, 0.15) is 17.5 Å². The molecule has 0 heterocycles. The van der Waals surface area contributed by atoms with Crippen molar-refractivity contribution in [1.82, 2.24) is 0 Å². The average molecular weight is 494 g/mol. The molecule has 3 aromatic carbocycles. The Bertz CT molecular complexity index is 962. The number of methoxy groups -OCH3 is 1. The largest absolute Gasteiger partial charge is 0.497 e. The van der Waals surface area contributed by atoms with E-state index in [9.17, 15) is 4.79 Å². The predicted molar refractivity (Wildman–Crippen MR) is 113 cm³/mol. The van der Waals surface area contributed by atoms with Crippen molar-refractivity contribution >= 4 is 48.6 Å². The van der Waals surface area contributed by atoms with E-state index in [2.05, 4.69) is 44.0 Å². The molecule has 0 radical (unpaired) electrons. The topological polar surface area (TPSA) is 55.8 Å². The Kier molecular flexibility index (Phi) is 6.39. The summed E-state index contributed by atoms with van der Waals surface area (Å²) < 4.78 is 12.8. The van der Waals surface area contributed by atoms with E-state index in [0.29, 0.717) is 18.8 Å². The summed E-state index contributed by atoms with van der Waals surface area (Å²) in [6.45, 7) is 0.424. The van der Waals surface area contributed by atoms with Crippen molar-refractivity contribution in [3.8, 4) is 11.5 Å². The minimum atomic E-state index is -0.809. The first-order valence-corrected chi connectivity index (χ1v) is 9.94. The summed E-state index contributed by atoms with van der Waals surface area (Å²) in [5, 5.41) is 11.1. The van der Waals surface area contributed by atoms with Crippen LogP contribution in [0.15, 0.2) is 57.5 Å². The van der Waals surface area contributed by atoms with Gasteiger partial charge in [-0.25, -0.2) is 0 Å². The lowest BCUT2D eigenvalue weighted by Crippen LogP contribution is -2.00. The third-order valence-electron chi connectivity index (χ3n) is 4.18. The highest BCUT2D eigenvalue weighted by Crippen LogP contribution is 2.36. The lowest BCUT2D eigenvalue weighted by atomic mass is 10.1. The molecule has 0 atom stereocenters. The highest BCUT2D eigenvalue weighted by Gasteiger charge is 2.11. The van der Waals surface area contributed by atoms with Gasteiger partial charge in [-0.2, -0.15) is 0 Å². The van der Waals surface area contributed by atoms with E-state index in [0.717, 1.165) is 36.6 Å². The smallest absolute Gasteiger partial charge is 0.303 e. The standard InChI is InChI=1S/C21H18Br2O4/c1-26-17-6-5-15-8-14(2-4-16(15)11-17)12-27-21-18(22)9-13(10-19(21)23)3-7-20(24)25/h2,4-6,8-11H,3,7,12H2,1H3,(H,24,25). The van der Waals surface area contributed by atoms with Crippen molar-refractivity contribution in [3.05, 3.63) is 68.6 Å². The number of benzene rings is 3. The van der Waals surface area contributed by atoms with Crippen LogP contribution >= 0.6 is 31.9 Å². The number of aliphatic carboxylic acids is 1. The Morgan fingerprint density at radius 3 is 2.30 bits per heavy atom. The number of aryl methyl sites for hydroxylation is 1. The summed E-state index contributed by atoms with van der Waals surface area (Å²) in [5.41, 5.74) is 1.99. The Morgan fingerprint density at radius 2 is 1.63 bits per heavy atom. The number of carboxylic acid groups (broad SMARTS) is 1. The molecule has 0 saturated carbocycles. The van der Waals surface area contributed by atoms with Gasteiger partial charge in [-0.3, -0.25) is 4.79 Å². The van der Waals surface area contributed by atoms with E-state index < -0.39 is 5.97 Å². The molecule has 0 saturated heterocycles. The molecule has 4 nitrogen and oxygen atoms in total. The predicted octanol–water partition coefficient (Wildman–Crippen LogP) is 5.97. The first-order valence-electron chi connectivity index (χ1n) is 8.35. The molecule has 0 aliphatic rings. The number of hydrogen-bond acceptors (Lipinski definition) is 3. The Morgan fingerprint density at radius 1 is 0.963 bits per heavy atom. The van der Waals surface area contributed by atoms with Crippen LogP contribution in [0, 0.1) is 0 Å². The zero-order valence-corrected chi connectivity index (χ0v) is 17.8. The summed E-state index contributed by atoms with van der Waals surface area (Å²) in [4.78, 5) is 10.7. The molecule has 0 aromatic heterocycles. The van der Waals surface area contributed by atoms with Gasteiger partial charge in [0.25, 0.3) is 0 Å². The lowest BCUT2D eigenvalue weighted by molar-refractivity contribution is -0.136. The van der Waals surface area contributed by atoms with E-state index in [1.54, 1.807) is 7.11 Å². The first-order chi connectivity index (χ1) is 13.0. The Balaban J connectivity index is 1.74. The van der Waals surface area contributed by atoms with Gasteiger partial charge in [0.05, 0.1) is 16.1 Å². The van der Waals surface area contributed by atoms with Crippen LogP contribution in [-0.4, -0.2) is 18.2 Å². The summed E-state index contributed by atoms with van der Waals surface area (Å²) >= 11 is 7.04. The fourth-order valence-corrected chi connectivity index (χ4v) is 4.30. The van der Waals surface area contributed by atoms with E-state index in [1.165, 1.54) is 0 Å². The van der Waals surface area contributed by atoms with Gasteiger partial charge in [0.2, 0.25) is 0 Å². The molecule has 1 N–H and O–H groups in total. The van der Waals surface area contributed by atoms with Crippen molar-refractivity contribution in [2.45, 2.75) is 19.4 Å². The van der Waals surface area contributed by atoms with Crippen molar-refractivity contribution in [1.29, 1.82) is 0 Å². The number of ether oxygens (including phenoxy) is 2. The van der Waals surface area contributed by atoms with Crippen molar-refractivity contribution in [3.63, 3.8) is 0 Å². The normalized spacial score (nSPS) is 10.8. The molecule has 0 bridgehead atoms. The maximum Gasteiger partial charge on any atom is 0.303 e.